The minimum atomic E-state index is -3.83. The van der Waals surface area contributed by atoms with Crippen LogP contribution in [0.4, 0.5) is 0 Å². The van der Waals surface area contributed by atoms with Gasteiger partial charge in [0.05, 0.1) is 26.6 Å². The number of imidazole rings is 1. The number of H-pyrrole nitrogens is 1. The number of carbonyl (C=O) groups is 1. The van der Waals surface area contributed by atoms with E-state index in [4.69, 9.17) is 23.2 Å². The van der Waals surface area contributed by atoms with Crippen molar-refractivity contribution in [3.63, 3.8) is 0 Å². The van der Waals surface area contributed by atoms with E-state index in [0.29, 0.717) is 13.1 Å². The van der Waals surface area contributed by atoms with E-state index < -0.39 is 10.0 Å². The molecule has 1 atom stereocenters. The van der Waals surface area contributed by atoms with Gasteiger partial charge < -0.3 is 9.88 Å². The number of amides is 1. The van der Waals surface area contributed by atoms with Crippen LogP contribution in [0.25, 0.3) is 11.0 Å². The second-order valence-corrected chi connectivity index (χ2v) is 10.9. The highest BCUT2D eigenvalue weighted by atomic mass is 35.5. The van der Waals surface area contributed by atoms with E-state index in [-0.39, 0.29) is 38.4 Å². The quantitative estimate of drug-likeness (QED) is 0.553. The highest BCUT2D eigenvalue weighted by Crippen LogP contribution is 2.33. The van der Waals surface area contributed by atoms with Crippen LogP contribution >= 0.6 is 23.2 Å². The van der Waals surface area contributed by atoms with Gasteiger partial charge in [-0.15, -0.1) is 0 Å². The topological polar surface area (TPSA) is 95.2 Å². The van der Waals surface area contributed by atoms with E-state index in [2.05, 4.69) is 14.7 Å². The van der Waals surface area contributed by atoms with Gasteiger partial charge in [-0.05, 0) is 49.9 Å². The zero-order valence-corrected chi connectivity index (χ0v) is 19.5. The van der Waals surface area contributed by atoms with E-state index in [9.17, 15) is 13.2 Å². The van der Waals surface area contributed by atoms with Gasteiger partial charge >= 0.3 is 0 Å². The van der Waals surface area contributed by atoms with Crippen molar-refractivity contribution in [2.75, 3.05) is 13.1 Å². The third-order valence-electron chi connectivity index (χ3n) is 5.94. The number of hydrogen-bond donors (Lipinski definition) is 2. The first kappa shape index (κ1) is 21.7. The average molecular weight is 493 g/mol. The molecule has 1 aliphatic heterocycles. The van der Waals surface area contributed by atoms with E-state index in [1.807, 2.05) is 24.3 Å². The first-order valence-electron chi connectivity index (χ1n) is 10.6. The maximum absolute atomic E-state index is 13.3. The van der Waals surface area contributed by atoms with Gasteiger partial charge in [-0.1, -0.05) is 35.3 Å². The normalized spacial score (nSPS) is 19.4. The molecule has 1 aromatic heterocycles. The largest absolute Gasteiger partial charge is 0.342 e. The molecular weight excluding hydrogens is 471 g/mol. The van der Waals surface area contributed by atoms with Crippen molar-refractivity contribution in [3.05, 3.63) is 57.8 Å². The van der Waals surface area contributed by atoms with Crippen LogP contribution < -0.4 is 4.72 Å². The molecule has 1 amide bonds. The molecule has 10 heteroatoms. The molecule has 1 aliphatic carbocycles. The van der Waals surface area contributed by atoms with Crippen molar-refractivity contribution in [1.82, 2.24) is 19.6 Å². The summed E-state index contributed by atoms with van der Waals surface area (Å²) in [6.45, 7) is 1.04. The van der Waals surface area contributed by atoms with Gasteiger partial charge in [0.2, 0.25) is 10.0 Å². The third-order valence-corrected chi connectivity index (χ3v) is 8.24. The number of aromatic nitrogens is 2. The summed E-state index contributed by atoms with van der Waals surface area (Å²) in [5, 5.41) is 0.134. The fraction of sp³-hybridized carbons (Fsp3) is 0.364. The van der Waals surface area contributed by atoms with Crippen LogP contribution in [-0.4, -0.2) is 48.3 Å². The highest BCUT2D eigenvalue weighted by Gasteiger charge is 2.32. The summed E-state index contributed by atoms with van der Waals surface area (Å²) < 4.78 is 28.0. The lowest BCUT2D eigenvalue weighted by Gasteiger charge is -2.32. The van der Waals surface area contributed by atoms with E-state index in [1.165, 1.54) is 12.1 Å². The van der Waals surface area contributed by atoms with Crippen molar-refractivity contribution in [2.24, 2.45) is 0 Å². The molecule has 0 bridgehead atoms. The van der Waals surface area contributed by atoms with Crippen LogP contribution in [0, 0.1) is 0 Å². The predicted molar refractivity (Wildman–Crippen MR) is 124 cm³/mol. The van der Waals surface area contributed by atoms with Crippen molar-refractivity contribution in [2.45, 2.75) is 42.5 Å². The number of para-hydroxylation sites is 2. The number of aromatic amines is 1. The van der Waals surface area contributed by atoms with Crippen molar-refractivity contribution >= 4 is 50.2 Å². The van der Waals surface area contributed by atoms with E-state index >= 15 is 0 Å². The molecule has 1 saturated heterocycles. The molecule has 168 valence electrons. The Labute approximate surface area is 196 Å². The molecule has 0 spiro atoms. The van der Waals surface area contributed by atoms with Crippen LogP contribution in [0.15, 0.2) is 41.3 Å². The number of carbonyl (C=O) groups excluding carboxylic acids is 1. The first-order valence-corrected chi connectivity index (χ1v) is 12.8. The van der Waals surface area contributed by atoms with Gasteiger partial charge in [-0.2, -0.15) is 0 Å². The second kappa shape index (κ2) is 8.33. The maximum atomic E-state index is 13.3. The van der Waals surface area contributed by atoms with Crippen LogP contribution in [-0.2, 0) is 10.0 Å². The monoisotopic (exact) mass is 492 g/mol. The molecule has 2 fully saturated rings. The number of benzene rings is 2. The number of sulfonamides is 1. The zero-order chi connectivity index (χ0) is 22.5. The summed E-state index contributed by atoms with van der Waals surface area (Å²) in [7, 11) is -3.83. The number of halogens is 2. The fourth-order valence-electron chi connectivity index (χ4n) is 4.10. The molecule has 3 aromatic rings. The first-order chi connectivity index (χ1) is 15.3. The molecule has 2 aromatic carbocycles. The Kier molecular flexibility index (Phi) is 5.65. The summed E-state index contributed by atoms with van der Waals surface area (Å²) >= 11 is 12.5. The molecule has 1 saturated carbocycles. The average Bonchev–Trinajstić information content (AvgIpc) is 3.46. The van der Waals surface area contributed by atoms with Gasteiger partial charge in [-0.25, -0.2) is 18.1 Å². The van der Waals surface area contributed by atoms with Gasteiger partial charge in [0, 0.05) is 25.0 Å². The third kappa shape index (κ3) is 4.24. The molecule has 2 heterocycles. The molecular formula is C22H22Cl2N4O3S. The zero-order valence-electron chi connectivity index (χ0n) is 17.1. The van der Waals surface area contributed by atoms with E-state index in [1.54, 1.807) is 4.90 Å². The van der Waals surface area contributed by atoms with Crippen LogP contribution in [0.3, 0.4) is 0 Å². The van der Waals surface area contributed by atoms with Crippen LogP contribution in [0.5, 0.6) is 0 Å². The molecule has 0 radical (unpaired) electrons. The van der Waals surface area contributed by atoms with Crippen LogP contribution in [0.1, 0.15) is 47.8 Å². The second-order valence-electron chi connectivity index (χ2n) is 8.39. The number of likely N-dealkylation sites (tertiary alicyclic amines) is 1. The summed E-state index contributed by atoms with van der Waals surface area (Å²) in [6.07, 6.45) is 3.32. The summed E-state index contributed by atoms with van der Waals surface area (Å²) in [4.78, 5) is 23.0. The standard InChI is InChI=1S/C22H22Cl2N4O3S/c23-16-11-17(24)20(32(30,31)27-14-7-8-14)10-15(16)22(29)28-9-3-4-13(12-28)21-25-18-5-1-2-6-19(18)26-21/h1-2,5-6,10-11,13-14,27H,3-4,7-9,12H2,(H,25,26). The summed E-state index contributed by atoms with van der Waals surface area (Å²) in [5.74, 6) is 0.601. The maximum Gasteiger partial charge on any atom is 0.255 e. The Morgan fingerprint density at radius 3 is 2.66 bits per heavy atom. The number of hydrogen-bond acceptors (Lipinski definition) is 4. The number of rotatable bonds is 5. The van der Waals surface area contributed by atoms with Gasteiger partial charge in [0.15, 0.2) is 0 Å². The smallest absolute Gasteiger partial charge is 0.255 e. The van der Waals surface area contributed by atoms with Gasteiger partial charge in [0.25, 0.3) is 5.91 Å². The van der Waals surface area contributed by atoms with Gasteiger partial charge in [-0.3, -0.25) is 4.79 Å². The number of nitrogens with one attached hydrogen (secondary N) is 2. The summed E-state index contributed by atoms with van der Waals surface area (Å²) in [5.41, 5.74) is 1.99. The SMILES string of the molecule is O=C(c1cc(S(=O)(=O)NC2CC2)c(Cl)cc1Cl)N1CCCC(c2nc3ccccc3[nH]2)C1. The van der Waals surface area contributed by atoms with Crippen molar-refractivity contribution in [1.29, 1.82) is 0 Å². The number of fused-ring (bicyclic) bond motifs is 1. The lowest BCUT2D eigenvalue weighted by atomic mass is 9.96. The minimum Gasteiger partial charge on any atom is -0.342 e. The summed E-state index contributed by atoms with van der Waals surface area (Å²) in [6, 6.07) is 10.4. The molecule has 1 unspecified atom stereocenters. The molecule has 2 N–H and O–H groups in total. The van der Waals surface area contributed by atoms with Gasteiger partial charge in [0.1, 0.15) is 10.7 Å². The molecule has 32 heavy (non-hydrogen) atoms. The molecule has 7 nitrogen and oxygen atoms in total. The van der Waals surface area contributed by atoms with Crippen molar-refractivity contribution < 1.29 is 13.2 Å². The highest BCUT2D eigenvalue weighted by molar-refractivity contribution is 7.89. The predicted octanol–water partition coefficient (Wildman–Crippen LogP) is 4.33. The lowest BCUT2D eigenvalue weighted by molar-refractivity contribution is 0.0705. The Hall–Kier alpha value is -2.13. The fourth-order valence-corrected chi connectivity index (χ4v) is 6.26. The van der Waals surface area contributed by atoms with Crippen LogP contribution in [0.2, 0.25) is 10.0 Å². The molecule has 5 rings (SSSR count). The Bertz CT molecular complexity index is 1270. The Balaban J connectivity index is 1.41. The lowest BCUT2D eigenvalue weighted by Crippen LogP contribution is -2.39. The number of piperidine rings is 1. The Morgan fingerprint density at radius 1 is 1.12 bits per heavy atom. The minimum absolute atomic E-state index is 0.00139. The Morgan fingerprint density at radius 2 is 1.91 bits per heavy atom. The number of nitrogens with zero attached hydrogens (tertiary/aromatic N) is 2. The molecule has 2 aliphatic rings. The van der Waals surface area contributed by atoms with E-state index in [0.717, 1.165) is 42.5 Å². The van der Waals surface area contributed by atoms with Crippen molar-refractivity contribution in [3.8, 4) is 0 Å².